The van der Waals surface area contributed by atoms with Crippen molar-refractivity contribution in [2.75, 3.05) is 13.7 Å². The second-order valence-corrected chi connectivity index (χ2v) is 5.85. The normalized spacial score (nSPS) is 10.3. The van der Waals surface area contributed by atoms with Gasteiger partial charge in [-0.2, -0.15) is 0 Å². The lowest BCUT2D eigenvalue weighted by Crippen LogP contribution is -2.26. The summed E-state index contributed by atoms with van der Waals surface area (Å²) >= 11 is 1.45. The largest absolute Gasteiger partial charge is 0.482 e. The van der Waals surface area contributed by atoms with Crippen molar-refractivity contribution in [2.45, 2.75) is 13.5 Å². The van der Waals surface area contributed by atoms with E-state index in [1.54, 1.807) is 36.2 Å². The van der Waals surface area contributed by atoms with E-state index in [2.05, 4.69) is 10.2 Å². The maximum absolute atomic E-state index is 12.3. The summed E-state index contributed by atoms with van der Waals surface area (Å²) in [5, 5.41) is 18.1. The molecule has 1 N–H and O–H groups in total. The van der Waals surface area contributed by atoms with Crippen molar-refractivity contribution in [1.29, 1.82) is 0 Å². The van der Waals surface area contributed by atoms with Gasteiger partial charge in [-0.1, -0.05) is 11.3 Å². The van der Waals surface area contributed by atoms with Crippen molar-refractivity contribution in [3.8, 4) is 5.75 Å². The van der Waals surface area contributed by atoms with E-state index in [1.165, 1.54) is 11.3 Å². The number of carbonyl (C=O) groups is 2. The van der Waals surface area contributed by atoms with E-state index in [0.29, 0.717) is 17.9 Å². The van der Waals surface area contributed by atoms with Gasteiger partial charge in [0.2, 0.25) is 0 Å². The summed E-state index contributed by atoms with van der Waals surface area (Å²) in [6.07, 6.45) is 0. The lowest BCUT2D eigenvalue weighted by Gasteiger charge is -2.15. The van der Waals surface area contributed by atoms with Gasteiger partial charge < -0.3 is 14.7 Å². The second kappa shape index (κ2) is 6.99. The molecule has 0 saturated carbocycles. The third-order valence-corrected chi connectivity index (χ3v) is 3.57. The molecule has 116 valence electrons. The van der Waals surface area contributed by atoms with Crippen LogP contribution in [-0.2, 0) is 11.3 Å². The summed E-state index contributed by atoms with van der Waals surface area (Å²) < 4.78 is 5.02. The number of benzene rings is 1. The number of carboxylic acid groups (broad SMARTS) is 1. The standard InChI is InChI=1S/C14H15N3O4S/c1-9-15-16-12(22-9)7-17(2)14(20)10-3-5-11(6-4-10)21-8-13(18)19/h3-6H,7-8H2,1-2H3,(H,18,19). The first-order valence-electron chi connectivity index (χ1n) is 6.45. The minimum atomic E-state index is -1.05. The molecule has 0 spiro atoms. The summed E-state index contributed by atoms with van der Waals surface area (Å²) in [5.41, 5.74) is 0.492. The van der Waals surface area contributed by atoms with Crippen molar-refractivity contribution >= 4 is 23.2 Å². The molecule has 2 aromatic rings. The Labute approximate surface area is 131 Å². The first kappa shape index (κ1) is 15.9. The van der Waals surface area contributed by atoms with E-state index in [0.717, 1.165) is 10.0 Å². The van der Waals surface area contributed by atoms with Gasteiger partial charge in [-0.05, 0) is 31.2 Å². The fraction of sp³-hybridized carbons (Fsp3) is 0.286. The van der Waals surface area contributed by atoms with Gasteiger partial charge in [0.15, 0.2) is 6.61 Å². The number of hydrogen-bond donors (Lipinski definition) is 1. The molecule has 0 fully saturated rings. The van der Waals surface area contributed by atoms with Crippen molar-refractivity contribution in [2.24, 2.45) is 0 Å². The number of aliphatic carboxylic acids is 1. The van der Waals surface area contributed by atoms with E-state index in [4.69, 9.17) is 9.84 Å². The summed E-state index contributed by atoms with van der Waals surface area (Å²) in [6, 6.07) is 6.33. The molecule has 1 aromatic carbocycles. The Bertz CT molecular complexity index is 669. The topological polar surface area (TPSA) is 92.6 Å². The number of amides is 1. The number of carbonyl (C=O) groups excluding carboxylic acids is 1. The van der Waals surface area contributed by atoms with E-state index in [9.17, 15) is 9.59 Å². The number of aryl methyl sites for hydroxylation is 1. The van der Waals surface area contributed by atoms with Gasteiger partial charge in [0, 0.05) is 12.6 Å². The van der Waals surface area contributed by atoms with Crippen LogP contribution in [0.15, 0.2) is 24.3 Å². The Morgan fingerprint density at radius 1 is 1.27 bits per heavy atom. The fourth-order valence-electron chi connectivity index (χ4n) is 1.74. The summed E-state index contributed by atoms with van der Waals surface area (Å²) in [4.78, 5) is 24.2. The molecule has 1 heterocycles. The van der Waals surface area contributed by atoms with Gasteiger partial charge in [0.05, 0.1) is 6.54 Å². The summed E-state index contributed by atoms with van der Waals surface area (Å²) in [7, 11) is 1.69. The van der Waals surface area contributed by atoms with Crippen LogP contribution in [0.1, 0.15) is 20.4 Å². The molecule has 22 heavy (non-hydrogen) atoms. The molecule has 0 aliphatic heterocycles. The molecule has 1 aromatic heterocycles. The fourth-order valence-corrected chi connectivity index (χ4v) is 2.50. The number of ether oxygens (including phenoxy) is 1. The number of rotatable bonds is 6. The van der Waals surface area contributed by atoms with E-state index >= 15 is 0 Å². The Morgan fingerprint density at radius 2 is 1.95 bits per heavy atom. The predicted octanol–water partition coefficient (Wildman–Crippen LogP) is 1.58. The summed E-state index contributed by atoms with van der Waals surface area (Å²) in [6.45, 7) is 1.84. The molecular formula is C14H15N3O4S. The zero-order valence-corrected chi connectivity index (χ0v) is 13.0. The van der Waals surface area contributed by atoms with Crippen LogP contribution in [0.3, 0.4) is 0 Å². The summed E-state index contributed by atoms with van der Waals surface area (Å²) in [5.74, 6) is -0.800. The highest BCUT2D eigenvalue weighted by molar-refractivity contribution is 7.11. The van der Waals surface area contributed by atoms with E-state index in [1.807, 2.05) is 6.92 Å². The zero-order valence-electron chi connectivity index (χ0n) is 12.1. The van der Waals surface area contributed by atoms with Gasteiger partial charge in [-0.3, -0.25) is 4.79 Å². The molecule has 0 aliphatic rings. The molecule has 2 rings (SSSR count). The monoisotopic (exact) mass is 321 g/mol. The lowest BCUT2D eigenvalue weighted by atomic mass is 10.2. The minimum absolute atomic E-state index is 0.155. The highest BCUT2D eigenvalue weighted by atomic mass is 32.1. The number of aromatic nitrogens is 2. The number of carboxylic acids is 1. The lowest BCUT2D eigenvalue weighted by molar-refractivity contribution is -0.139. The van der Waals surface area contributed by atoms with Crippen LogP contribution in [0.25, 0.3) is 0 Å². The van der Waals surface area contributed by atoms with Gasteiger partial charge in [0.25, 0.3) is 5.91 Å². The van der Waals surface area contributed by atoms with Crippen LogP contribution in [0, 0.1) is 6.92 Å². The Morgan fingerprint density at radius 3 is 2.50 bits per heavy atom. The molecular weight excluding hydrogens is 306 g/mol. The Kier molecular flexibility index (Phi) is 5.05. The Balaban J connectivity index is 1.97. The quantitative estimate of drug-likeness (QED) is 0.868. The number of hydrogen-bond acceptors (Lipinski definition) is 6. The minimum Gasteiger partial charge on any atom is -0.482 e. The van der Waals surface area contributed by atoms with Crippen molar-refractivity contribution < 1.29 is 19.4 Å². The van der Waals surface area contributed by atoms with Gasteiger partial charge in [-0.15, -0.1) is 10.2 Å². The van der Waals surface area contributed by atoms with Crippen molar-refractivity contribution in [3.05, 3.63) is 39.8 Å². The Hall–Kier alpha value is -2.48. The van der Waals surface area contributed by atoms with Crippen molar-refractivity contribution in [3.63, 3.8) is 0 Å². The van der Waals surface area contributed by atoms with E-state index in [-0.39, 0.29) is 5.91 Å². The average Bonchev–Trinajstić information content (AvgIpc) is 2.90. The maximum Gasteiger partial charge on any atom is 0.341 e. The molecule has 8 heteroatoms. The third kappa shape index (κ3) is 4.26. The van der Waals surface area contributed by atoms with Crippen LogP contribution in [-0.4, -0.2) is 45.7 Å². The van der Waals surface area contributed by atoms with E-state index < -0.39 is 12.6 Å². The van der Waals surface area contributed by atoms with Gasteiger partial charge in [0.1, 0.15) is 15.8 Å². The number of nitrogens with zero attached hydrogens (tertiary/aromatic N) is 3. The smallest absolute Gasteiger partial charge is 0.341 e. The molecule has 0 atom stereocenters. The third-order valence-electron chi connectivity index (χ3n) is 2.75. The van der Waals surface area contributed by atoms with Crippen LogP contribution >= 0.6 is 11.3 Å². The predicted molar refractivity (Wildman–Crippen MR) is 80.0 cm³/mol. The molecule has 7 nitrogen and oxygen atoms in total. The van der Waals surface area contributed by atoms with Crippen LogP contribution in [0.4, 0.5) is 0 Å². The molecule has 0 aliphatic carbocycles. The second-order valence-electron chi connectivity index (χ2n) is 4.58. The van der Waals surface area contributed by atoms with Gasteiger partial charge >= 0.3 is 5.97 Å². The van der Waals surface area contributed by atoms with Crippen LogP contribution < -0.4 is 4.74 Å². The van der Waals surface area contributed by atoms with Crippen LogP contribution in [0.5, 0.6) is 5.75 Å². The van der Waals surface area contributed by atoms with Crippen molar-refractivity contribution in [1.82, 2.24) is 15.1 Å². The first-order valence-corrected chi connectivity index (χ1v) is 7.26. The highest BCUT2D eigenvalue weighted by Gasteiger charge is 2.14. The molecule has 1 amide bonds. The molecule has 0 radical (unpaired) electrons. The van der Waals surface area contributed by atoms with Gasteiger partial charge in [-0.25, -0.2) is 4.79 Å². The average molecular weight is 321 g/mol. The molecule has 0 saturated heterocycles. The maximum atomic E-state index is 12.3. The first-order chi connectivity index (χ1) is 10.5. The van der Waals surface area contributed by atoms with Crippen LogP contribution in [0.2, 0.25) is 0 Å². The molecule has 0 bridgehead atoms. The SMILES string of the molecule is Cc1nnc(CN(C)C(=O)c2ccc(OCC(=O)O)cc2)s1. The zero-order chi connectivity index (χ0) is 16.1. The highest BCUT2D eigenvalue weighted by Crippen LogP contribution is 2.15. The molecule has 0 unspecified atom stereocenters.